The Hall–Kier alpha value is -2.50. The van der Waals surface area contributed by atoms with Crippen LogP contribution < -0.4 is 4.90 Å². The molecule has 1 aliphatic rings. The molecule has 0 radical (unpaired) electrons. The molecule has 0 spiro atoms. The van der Waals surface area contributed by atoms with E-state index in [0.717, 1.165) is 18.1 Å². The molecule has 1 aliphatic heterocycles. The van der Waals surface area contributed by atoms with Crippen LogP contribution in [-0.2, 0) is 7.05 Å². The summed E-state index contributed by atoms with van der Waals surface area (Å²) in [5.74, 6) is 1.47. The number of nitrogens with zero attached hydrogens (tertiary/aromatic N) is 6. The van der Waals surface area contributed by atoms with Gasteiger partial charge in [0.1, 0.15) is 0 Å². The van der Waals surface area contributed by atoms with Crippen LogP contribution in [0.3, 0.4) is 0 Å². The molecule has 0 N–H and O–H groups in total. The minimum Gasteiger partial charge on any atom is -0.297 e. The fourth-order valence-corrected chi connectivity index (χ4v) is 1.77. The second-order valence-corrected chi connectivity index (χ2v) is 3.90. The Bertz CT molecular complexity index is 598. The third kappa shape index (κ3) is 1.88. The Morgan fingerprint density at radius 2 is 2.06 bits per heavy atom. The third-order valence-electron chi connectivity index (χ3n) is 2.64. The normalized spacial score (nSPS) is 14.2. The van der Waals surface area contributed by atoms with Crippen LogP contribution in [0.2, 0.25) is 0 Å². The Labute approximate surface area is 104 Å². The summed E-state index contributed by atoms with van der Waals surface area (Å²) in [6.45, 7) is 0.756. The van der Waals surface area contributed by atoms with E-state index < -0.39 is 0 Å². The average Bonchev–Trinajstić information content (AvgIpc) is 2.83. The Morgan fingerprint density at radius 3 is 2.78 bits per heavy atom. The first-order chi connectivity index (χ1) is 8.84. The highest BCUT2D eigenvalue weighted by Crippen LogP contribution is 2.18. The zero-order valence-corrected chi connectivity index (χ0v) is 9.93. The number of rotatable bonds is 2. The monoisotopic (exact) mass is 240 g/mol. The first-order valence-corrected chi connectivity index (χ1v) is 5.61. The molecule has 2 aromatic rings. The molecular weight excluding hydrogens is 228 g/mol. The molecule has 6 heteroatoms. The van der Waals surface area contributed by atoms with Crippen LogP contribution in [0.5, 0.6) is 0 Å². The van der Waals surface area contributed by atoms with Gasteiger partial charge in [-0.1, -0.05) is 0 Å². The molecule has 2 aromatic heterocycles. The smallest absolute Gasteiger partial charge is 0.229 e. The van der Waals surface area contributed by atoms with Crippen molar-refractivity contribution >= 4 is 12.3 Å². The quantitative estimate of drug-likeness (QED) is 0.792. The zero-order valence-electron chi connectivity index (χ0n) is 9.93. The van der Waals surface area contributed by atoms with E-state index in [1.165, 1.54) is 0 Å². The lowest BCUT2D eigenvalue weighted by atomic mass is 10.3. The topological polar surface area (TPSA) is 59.2 Å². The van der Waals surface area contributed by atoms with Gasteiger partial charge in [-0.2, -0.15) is 4.98 Å². The second kappa shape index (κ2) is 4.40. The number of anilines is 1. The van der Waals surface area contributed by atoms with E-state index in [1.807, 2.05) is 30.2 Å². The molecule has 0 atom stereocenters. The Morgan fingerprint density at radius 1 is 1.22 bits per heavy atom. The van der Waals surface area contributed by atoms with Crippen molar-refractivity contribution in [2.75, 3.05) is 11.4 Å². The van der Waals surface area contributed by atoms with Crippen LogP contribution in [0.1, 0.15) is 0 Å². The minimum atomic E-state index is 0.692. The molecule has 90 valence electrons. The van der Waals surface area contributed by atoms with Gasteiger partial charge in [-0.05, 0) is 18.2 Å². The van der Waals surface area contributed by atoms with Gasteiger partial charge in [-0.3, -0.25) is 9.88 Å². The summed E-state index contributed by atoms with van der Waals surface area (Å²) < 4.78 is 1.75. The van der Waals surface area contributed by atoms with Crippen LogP contribution in [0.25, 0.3) is 11.4 Å². The predicted octanol–water partition coefficient (Wildman–Crippen LogP) is 1.24. The fourth-order valence-electron chi connectivity index (χ4n) is 1.77. The van der Waals surface area contributed by atoms with E-state index in [1.54, 1.807) is 29.6 Å². The van der Waals surface area contributed by atoms with Crippen LogP contribution >= 0.6 is 0 Å². The van der Waals surface area contributed by atoms with Gasteiger partial charge in [-0.25, -0.2) is 9.67 Å². The van der Waals surface area contributed by atoms with Crippen molar-refractivity contribution in [3.8, 4) is 11.4 Å². The van der Waals surface area contributed by atoms with E-state index in [4.69, 9.17) is 0 Å². The van der Waals surface area contributed by atoms with E-state index in [-0.39, 0.29) is 0 Å². The highest BCUT2D eigenvalue weighted by Gasteiger charge is 2.14. The van der Waals surface area contributed by atoms with E-state index in [9.17, 15) is 0 Å². The molecule has 0 bridgehead atoms. The van der Waals surface area contributed by atoms with Crippen molar-refractivity contribution in [2.24, 2.45) is 12.0 Å². The summed E-state index contributed by atoms with van der Waals surface area (Å²) in [4.78, 5) is 14.5. The Kier molecular flexibility index (Phi) is 2.60. The van der Waals surface area contributed by atoms with Gasteiger partial charge in [-0.15, -0.1) is 5.10 Å². The molecule has 0 amide bonds. The summed E-state index contributed by atoms with van der Waals surface area (Å²) in [7, 11) is 1.87. The van der Waals surface area contributed by atoms with Crippen LogP contribution in [-0.4, -0.2) is 32.6 Å². The van der Waals surface area contributed by atoms with E-state index in [0.29, 0.717) is 5.82 Å². The summed E-state index contributed by atoms with van der Waals surface area (Å²) in [5.41, 5.74) is 0.955. The lowest BCUT2D eigenvalue weighted by Crippen LogP contribution is -2.25. The van der Waals surface area contributed by atoms with Gasteiger partial charge in [0, 0.05) is 37.7 Å². The van der Waals surface area contributed by atoms with Crippen LogP contribution in [0.4, 0.5) is 5.95 Å². The fraction of sp³-hybridized carbons (Fsp3) is 0.167. The molecule has 0 fully saturated rings. The number of hydrogen-bond acceptors (Lipinski definition) is 5. The third-order valence-corrected chi connectivity index (χ3v) is 2.64. The van der Waals surface area contributed by atoms with Gasteiger partial charge >= 0.3 is 0 Å². The lowest BCUT2D eigenvalue weighted by molar-refractivity contribution is 0.758. The maximum atomic E-state index is 4.53. The minimum absolute atomic E-state index is 0.692. The summed E-state index contributed by atoms with van der Waals surface area (Å²) in [6.07, 6.45) is 8.96. The molecule has 0 saturated heterocycles. The predicted molar refractivity (Wildman–Crippen MR) is 69.2 cm³/mol. The first kappa shape index (κ1) is 10.6. The molecule has 18 heavy (non-hydrogen) atoms. The lowest BCUT2D eigenvalue weighted by Gasteiger charge is -2.16. The van der Waals surface area contributed by atoms with Crippen molar-refractivity contribution in [3.63, 3.8) is 0 Å². The summed E-state index contributed by atoms with van der Waals surface area (Å²) in [5, 5.41) is 4.41. The summed E-state index contributed by atoms with van der Waals surface area (Å²) in [6, 6.07) is 3.78. The number of aryl methyl sites for hydroxylation is 1. The van der Waals surface area contributed by atoms with Crippen molar-refractivity contribution in [3.05, 3.63) is 36.8 Å². The van der Waals surface area contributed by atoms with Crippen LogP contribution in [0.15, 0.2) is 41.8 Å². The Balaban J connectivity index is 1.96. The largest absolute Gasteiger partial charge is 0.297 e. The molecule has 3 heterocycles. The van der Waals surface area contributed by atoms with Crippen LogP contribution in [0, 0.1) is 0 Å². The van der Waals surface area contributed by atoms with E-state index in [2.05, 4.69) is 20.1 Å². The molecule has 3 rings (SSSR count). The van der Waals surface area contributed by atoms with Crippen molar-refractivity contribution in [2.45, 2.75) is 0 Å². The standard InChI is InChI=1S/C12H12N6/c1-17-12(18-8-2-5-14-9-18)15-11(16-17)10-3-6-13-7-4-10/h2-7,9H,8H2,1H3. The molecule has 6 nitrogen and oxygen atoms in total. The zero-order chi connectivity index (χ0) is 12.4. The van der Waals surface area contributed by atoms with Crippen molar-refractivity contribution < 1.29 is 0 Å². The SMILES string of the molecule is Cn1nc(-c2ccncc2)nc1N1C=NC=CC1. The van der Waals surface area contributed by atoms with E-state index >= 15 is 0 Å². The maximum Gasteiger partial charge on any atom is 0.229 e. The highest BCUT2D eigenvalue weighted by atomic mass is 15.4. The van der Waals surface area contributed by atoms with Gasteiger partial charge in [0.2, 0.25) is 5.95 Å². The van der Waals surface area contributed by atoms with Gasteiger partial charge < -0.3 is 0 Å². The van der Waals surface area contributed by atoms with Crippen molar-refractivity contribution in [1.82, 2.24) is 19.7 Å². The molecule has 0 aliphatic carbocycles. The molecule has 0 saturated carbocycles. The van der Waals surface area contributed by atoms with Gasteiger partial charge in [0.25, 0.3) is 0 Å². The molecule has 0 unspecified atom stereocenters. The van der Waals surface area contributed by atoms with Crippen molar-refractivity contribution in [1.29, 1.82) is 0 Å². The number of aliphatic imine (C=N–C) groups is 1. The highest BCUT2D eigenvalue weighted by molar-refractivity contribution is 5.78. The maximum absolute atomic E-state index is 4.53. The first-order valence-electron chi connectivity index (χ1n) is 5.61. The summed E-state index contributed by atoms with van der Waals surface area (Å²) >= 11 is 0. The molecule has 0 aromatic carbocycles. The van der Waals surface area contributed by atoms with Gasteiger partial charge in [0.05, 0.1) is 6.34 Å². The number of aromatic nitrogens is 4. The average molecular weight is 240 g/mol. The number of hydrogen-bond donors (Lipinski definition) is 0. The second-order valence-electron chi connectivity index (χ2n) is 3.90. The number of pyridine rings is 1. The van der Waals surface area contributed by atoms with Gasteiger partial charge in [0.15, 0.2) is 5.82 Å². The molecular formula is C12H12N6.